The average Bonchev–Trinajstić information content (AvgIpc) is 2.82. The number of nitrogens with one attached hydrogen (secondary N) is 1. The zero-order chi connectivity index (χ0) is 12.3. The van der Waals surface area contributed by atoms with E-state index in [1.54, 1.807) is 0 Å². The number of benzene rings is 1. The highest BCUT2D eigenvalue weighted by molar-refractivity contribution is 5.26. The molecule has 1 aliphatic rings. The Bertz CT molecular complexity index is 367. The Balaban J connectivity index is 1.96. The molecule has 1 N–H and O–H groups in total. The highest BCUT2D eigenvalue weighted by Gasteiger charge is 2.14. The van der Waals surface area contributed by atoms with Gasteiger partial charge < -0.3 is 5.32 Å². The summed E-state index contributed by atoms with van der Waals surface area (Å²) in [5.74, 6) is 0.617. The zero-order valence-corrected chi connectivity index (χ0v) is 11.1. The Morgan fingerprint density at radius 3 is 2.00 bits per heavy atom. The summed E-state index contributed by atoms with van der Waals surface area (Å²) in [6, 6.07) is 10.1. The molecule has 0 radical (unpaired) electrons. The topological polar surface area (TPSA) is 12.0 Å². The molecule has 0 amide bonds. The van der Waals surface area contributed by atoms with Crippen LogP contribution in [0.2, 0.25) is 0 Å². The Hall–Kier alpha value is -1.08. The van der Waals surface area contributed by atoms with Gasteiger partial charge in [0.05, 0.1) is 0 Å². The van der Waals surface area contributed by atoms with Gasteiger partial charge in [-0.2, -0.15) is 0 Å². The van der Waals surface area contributed by atoms with Crippen molar-refractivity contribution < 1.29 is 0 Å². The summed E-state index contributed by atoms with van der Waals surface area (Å²) in [5.41, 5.74) is 2.81. The van der Waals surface area contributed by atoms with Gasteiger partial charge in [-0.3, -0.25) is 0 Å². The second-order valence-electron chi connectivity index (χ2n) is 5.35. The van der Waals surface area contributed by atoms with E-state index in [4.69, 9.17) is 0 Å². The van der Waals surface area contributed by atoms with Crippen LogP contribution in [0.3, 0.4) is 0 Å². The highest BCUT2D eigenvalue weighted by Crippen LogP contribution is 2.20. The van der Waals surface area contributed by atoms with Gasteiger partial charge in [-0.25, -0.2) is 0 Å². The molecule has 17 heavy (non-hydrogen) atoms. The molecule has 0 saturated carbocycles. The summed E-state index contributed by atoms with van der Waals surface area (Å²) in [6.07, 6.45) is 6.89. The summed E-state index contributed by atoms with van der Waals surface area (Å²) >= 11 is 0. The summed E-state index contributed by atoms with van der Waals surface area (Å²) in [7, 11) is 0. The van der Waals surface area contributed by atoms with Gasteiger partial charge in [0.1, 0.15) is 0 Å². The zero-order valence-electron chi connectivity index (χ0n) is 11.1. The van der Waals surface area contributed by atoms with Crippen molar-refractivity contribution in [1.29, 1.82) is 0 Å². The van der Waals surface area contributed by atoms with Crippen LogP contribution in [0.15, 0.2) is 36.4 Å². The van der Waals surface area contributed by atoms with Gasteiger partial charge in [-0.05, 0) is 36.8 Å². The SMILES string of the molecule is CC(C)c1ccc(C(C)NC2CC=CC2)cc1. The van der Waals surface area contributed by atoms with Crippen LogP contribution in [0.4, 0.5) is 0 Å². The van der Waals surface area contributed by atoms with Crippen molar-refractivity contribution in [1.82, 2.24) is 5.32 Å². The molecule has 1 aliphatic carbocycles. The van der Waals surface area contributed by atoms with E-state index in [1.807, 2.05) is 0 Å². The van der Waals surface area contributed by atoms with Gasteiger partial charge in [0.15, 0.2) is 0 Å². The molecule has 1 aromatic rings. The lowest BCUT2D eigenvalue weighted by Crippen LogP contribution is -2.29. The van der Waals surface area contributed by atoms with Crippen LogP contribution >= 0.6 is 0 Å². The van der Waals surface area contributed by atoms with Gasteiger partial charge in [0, 0.05) is 12.1 Å². The molecule has 1 nitrogen and oxygen atoms in total. The first kappa shape index (κ1) is 12.4. The molecule has 1 atom stereocenters. The minimum Gasteiger partial charge on any atom is -0.307 e. The van der Waals surface area contributed by atoms with Crippen LogP contribution < -0.4 is 5.32 Å². The molecule has 0 spiro atoms. The number of rotatable bonds is 4. The van der Waals surface area contributed by atoms with E-state index in [-0.39, 0.29) is 0 Å². The van der Waals surface area contributed by atoms with Gasteiger partial charge in [0.25, 0.3) is 0 Å². The molecule has 1 aromatic carbocycles. The fraction of sp³-hybridized carbons (Fsp3) is 0.500. The first-order valence-electron chi connectivity index (χ1n) is 6.67. The molecule has 0 saturated heterocycles. The lowest BCUT2D eigenvalue weighted by Gasteiger charge is -2.20. The van der Waals surface area contributed by atoms with Crippen molar-refractivity contribution in [3.8, 4) is 0 Å². The molecule has 0 bridgehead atoms. The maximum atomic E-state index is 3.68. The molecule has 0 heterocycles. The van der Waals surface area contributed by atoms with E-state index in [2.05, 4.69) is 62.5 Å². The fourth-order valence-electron chi connectivity index (χ4n) is 2.37. The van der Waals surface area contributed by atoms with Gasteiger partial charge in [-0.15, -0.1) is 0 Å². The molecule has 1 unspecified atom stereocenters. The predicted molar refractivity (Wildman–Crippen MR) is 74.2 cm³/mol. The summed E-state index contributed by atoms with van der Waals surface area (Å²) < 4.78 is 0. The van der Waals surface area contributed by atoms with Crippen molar-refractivity contribution in [3.63, 3.8) is 0 Å². The fourth-order valence-corrected chi connectivity index (χ4v) is 2.37. The normalized spacial score (nSPS) is 17.9. The smallest absolute Gasteiger partial charge is 0.0294 e. The summed E-state index contributed by atoms with van der Waals surface area (Å²) in [5, 5.41) is 3.68. The van der Waals surface area contributed by atoms with E-state index in [0.29, 0.717) is 18.0 Å². The van der Waals surface area contributed by atoms with Gasteiger partial charge in [0.2, 0.25) is 0 Å². The van der Waals surface area contributed by atoms with Gasteiger partial charge >= 0.3 is 0 Å². The lowest BCUT2D eigenvalue weighted by molar-refractivity contribution is 0.471. The average molecular weight is 229 g/mol. The Morgan fingerprint density at radius 1 is 0.941 bits per heavy atom. The summed E-state index contributed by atoms with van der Waals surface area (Å²) in [4.78, 5) is 0. The number of hydrogen-bond acceptors (Lipinski definition) is 1. The second kappa shape index (κ2) is 5.50. The highest BCUT2D eigenvalue weighted by atomic mass is 14.9. The largest absolute Gasteiger partial charge is 0.307 e. The minimum atomic E-state index is 0.445. The van der Waals surface area contributed by atoms with Crippen LogP contribution in [-0.4, -0.2) is 6.04 Å². The third-order valence-electron chi connectivity index (χ3n) is 3.60. The molecular weight excluding hydrogens is 206 g/mol. The second-order valence-corrected chi connectivity index (χ2v) is 5.35. The van der Waals surface area contributed by atoms with Crippen molar-refractivity contribution in [2.75, 3.05) is 0 Å². The summed E-state index contributed by atoms with van der Waals surface area (Å²) in [6.45, 7) is 6.73. The van der Waals surface area contributed by atoms with Crippen LogP contribution in [-0.2, 0) is 0 Å². The van der Waals surface area contributed by atoms with Crippen molar-refractivity contribution in [3.05, 3.63) is 47.5 Å². The number of hydrogen-bond donors (Lipinski definition) is 1. The van der Waals surface area contributed by atoms with E-state index in [0.717, 1.165) is 0 Å². The molecule has 1 heteroatoms. The lowest BCUT2D eigenvalue weighted by atomic mass is 9.99. The van der Waals surface area contributed by atoms with Crippen molar-refractivity contribution >= 4 is 0 Å². The molecule has 92 valence electrons. The predicted octanol–water partition coefficient (Wildman–Crippen LogP) is 4.18. The van der Waals surface area contributed by atoms with Crippen LogP contribution in [0.25, 0.3) is 0 Å². The first-order valence-corrected chi connectivity index (χ1v) is 6.67. The Morgan fingerprint density at radius 2 is 1.47 bits per heavy atom. The van der Waals surface area contributed by atoms with Gasteiger partial charge in [-0.1, -0.05) is 50.3 Å². The Labute approximate surface area is 105 Å². The first-order chi connectivity index (χ1) is 8.16. The quantitative estimate of drug-likeness (QED) is 0.764. The monoisotopic (exact) mass is 229 g/mol. The molecule has 0 aliphatic heterocycles. The third-order valence-corrected chi connectivity index (χ3v) is 3.60. The van der Waals surface area contributed by atoms with Crippen molar-refractivity contribution in [2.45, 2.75) is 51.6 Å². The van der Waals surface area contributed by atoms with Crippen LogP contribution in [0, 0.1) is 0 Å². The molecular formula is C16H23N. The van der Waals surface area contributed by atoms with Crippen LogP contribution in [0.5, 0.6) is 0 Å². The van der Waals surface area contributed by atoms with E-state index in [9.17, 15) is 0 Å². The maximum Gasteiger partial charge on any atom is 0.0294 e. The Kier molecular flexibility index (Phi) is 4.01. The van der Waals surface area contributed by atoms with E-state index in [1.165, 1.54) is 24.0 Å². The molecule has 2 rings (SSSR count). The third kappa shape index (κ3) is 3.19. The van der Waals surface area contributed by atoms with Crippen LogP contribution in [0.1, 0.15) is 56.7 Å². The van der Waals surface area contributed by atoms with Crippen molar-refractivity contribution in [2.24, 2.45) is 0 Å². The molecule has 0 fully saturated rings. The van der Waals surface area contributed by atoms with E-state index < -0.39 is 0 Å². The van der Waals surface area contributed by atoms with E-state index >= 15 is 0 Å². The standard InChI is InChI=1S/C16H23N/c1-12(2)14-8-10-15(11-9-14)13(3)17-16-6-4-5-7-16/h4-5,8-13,16-17H,6-7H2,1-3H3. The minimum absolute atomic E-state index is 0.445. The maximum absolute atomic E-state index is 3.68. The molecule has 0 aromatic heterocycles.